The molecular formula is C27H27F2N7O3. The number of hydrogen-bond donors (Lipinski definition) is 1. The third kappa shape index (κ3) is 4.67. The molecule has 0 bridgehead atoms. The molecule has 0 unspecified atom stereocenters. The summed E-state index contributed by atoms with van der Waals surface area (Å²) in [6.45, 7) is 2.88. The first-order chi connectivity index (χ1) is 19.0. The number of amides is 1. The standard InChI is InChI=1S/C27H27F2N7O3/c28-25(29)24-18-11-30-22(32-27(37)15-3-4-15)10-17(18)19(12-31-24)26-33-23-6-5-16(13-36(23)34-26)35-7-9-39-21(14-35)20-2-1-8-38-20/h5-6,10-13,15,20-21,25H,1-4,7-9,14H2,(H,30,32,37)/t20-,21+/m1/s1. The minimum atomic E-state index is -2.78. The van der Waals surface area contributed by atoms with Gasteiger partial charge in [-0.2, -0.15) is 0 Å². The predicted molar refractivity (Wildman–Crippen MR) is 139 cm³/mol. The highest BCUT2D eigenvalue weighted by Gasteiger charge is 2.32. The quantitative estimate of drug-likeness (QED) is 0.395. The fourth-order valence-corrected chi connectivity index (χ4v) is 5.35. The zero-order valence-electron chi connectivity index (χ0n) is 21.1. The number of nitrogens with one attached hydrogen (secondary N) is 1. The molecule has 1 N–H and O–H groups in total. The summed E-state index contributed by atoms with van der Waals surface area (Å²) in [6.07, 6.45) is 5.73. The second-order valence-corrected chi connectivity index (χ2v) is 10.3. The summed E-state index contributed by atoms with van der Waals surface area (Å²) in [5.74, 6) is 0.508. The summed E-state index contributed by atoms with van der Waals surface area (Å²) in [4.78, 5) is 27.4. The van der Waals surface area contributed by atoms with E-state index >= 15 is 0 Å². The van der Waals surface area contributed by atoms with Crippen LogP contribution in [0.2, 0.25) is 0 Å². The van der Waals surface area contributed by atoms with Gasteiger partial charge in [-0.05, 0) is 43.9 Å². The van der Waals surface area contributed by atoms with Crippen molar-refractivity contribution in [3.63, 3.8) is 0 Å². The molecule has 7 rings (SSSR count). The molecule has 0 aromatic carbocycles. The van der Waals surface area contributed by atoms with Crippen LogP contribution in [0.3, 0.4) is 0 Å². The van der Waals surface area contributed by atoms with Crippen molar-refractivity contribution in [3.05, 3.63) is 42.5 Å². The second-order valence-electron chi connectivity index (χ2n) is 10.3. The number of fused-ring (bicyclic) bond motifs is 2. The Morgan fingerprint density at radius 2 is 1.92 bits per heavy atom. The number of pyridine rings is 3. The van der Waals surface area contributed by atoms with E-state index in [2.05, 4.69) is 30.3 Å². The van der Waals surface area contributed by atoms with Crippen molar-refractivity contribution in [3.8, 4) is 11.4 Å². The normalized spacial score (nSPS) is 21.8. The average Bonchev–Trinajstić information content (AvgIpc) is 3.49. The minimum Gasteiger partial charge on any atom is -0.375 e. The number of anilines is 2. The fourth-order valence-electron chi connectivity index (χ4n) is 5.35. The van der Waals surface area contributed by atoms with E-state index in [1.54, 1.807) is 10.6 Å². The van der Waals surface area contributed by atoms with E-state index in [0.29, 0.717) is 34.8 Å². The minimum absolute atomic E-state index is 0.0160. The van der Waals surface area contributed by atoms with Gasteiger partial charge in [0.25, 0.3) is 6.43 Å². The third-order valence-electron chi connectivity index (χ3n) is 7.60. The Labute approximate surface area is 222 Å². The molecule has 1 saturated carbocycles. The number of alkyl halides is 2. The Morgan fingerprint density at radius 3 is 2.72 bits per heavy atom. The Balaban J connectivity index is 1.23. The zero-order chi connectivity index (χ0) is 26.5. The number of carbonyl (C=O) groups excluding carboxylic acids is 1. The van der Waals surface area contributed by atoms with Gasteiger partial charge in [0.05, 0.1) is 24.6 Å². The molecule has 2 atom stereocenters. The Hall–Kier alpha value is -3.77. The molecule has 6 heterocycles. The molecule has 10 nitrogen and oxygen atoms in total. The lowest BCUT2D eigenvalue weighted by Gasteiger charge is -2.36. The fraction of sp³-hybridized carbons (Fsp3) is 0.444. The number of hydrogen-bond acceptors (Lipinski definition) is 8. The lowest BCUT2D eigenvalue weighted by molar-refractivity contribution is -0.117. The van der Waals surface area contributed by atoms with Crippen molar-refractivity contribution in [2.75, 3.05) is 36.5 Å². The highest BCUT2D eigenvalue weighted by atomic mass is 19.3. The van der Waals surface area contributed by atoms with Crippen LogP contribution in [0.15, 0.2) is 36.8 Å². The highest BCUT2D eigenvalue weighted by Crippen LogP contribution is 2.35. The van der Waals surface area contributed by atoms with Crippen LogP contribution < -0.4 is 10.2 Å². The van der Waals surface area contributed by atoms with Crippen LogP contribution in [0.5, 0.6) is 0 Å². The number of nitrogens with zero attached hydrogens (tertiary/aromatic N) is 6. The van der Waals surface area contributed by atoms with Gasteiger partial charge in [-0.3, -0.25) is 9.78 Å². The summed E-state index contributed by atoms with van der Waals surface area (Å²) in [6, 6.07) is 5.47. The zero-order valence-corrected chi connectivity index (χ0v) is 21.1. The number of aromatic nitrogens is 5. The first-order valence-electron chi connectivity index (χ1n) is 13.3. The summed E-state index contributed by atoms with van der Waals surface area (Å²) in [5, 5.41) is 8.11. The van der Waals surface area contributed by atoms with Gasteiger partial charge in [0.2, 0.25) is 5.91 Å². The van der Waals surface area contributed by atoms with Gasteiger partial charge in [-0.15, -0.1) is 5.10 Å². The molecule has 1 amide bonds. The van der Waals surface area contributed by atoms with E-state index < -0.39 is 6.43 Å². The molecule has 2 saturated heterocycles. The number of carbonyl (C=O) groups is 1. The summed E-state index contributed by atoms with van der Waals surface area (Å²) >= 11 is 0. The first-order valence-corrected chi connectivity index (χ1v) is 13.3. The molecule has 2 aliphatic heterocycles. The van der Waals surface area contributed by atoms with Crippen LogP contribution in [0.1, 0.15) is 37.8 Å². The van der Waals surface area contributed by atoms with Gasteiger partial charge in [0.1, 0.15) is 17.6 Å². The van der Waals surface area contributed by atoms with Crippen LogP contribution in [-0.2, 0) is 14.3 Å². The Kier molecular flexibility index (Phi) is 6.08. The molecule has 1 aliphatic carbocycles. The van der Waals surface area contributed by atoms with Crippen molar-refractivity contribution in [2.24, 2.45) is 5.92 Å². The molecule has 202 valence electrons. The van der Waals surface area contributed by atoms with Crippen molar-refractivity contribution in [1.82, 2.24) is 24.6 Å². The summed E-state index contributed by atoms with van der Waals surface area (Å²) in [7, 11) is 0. The molecule has 4 aromatic rings. The molecule has 0 spiro atoms. The predicted octanol–water partition coefficient (Wildman–Crippen LogP) is 4.01. The van der Waals surface area contributed by atoms with E-state index in [9.17, 15) is 13.6 Å². The van der Waals surface area contributed by atoms with Gasteiger partial charge in [0.15, 0.2) is 11.5 Å². The number of morpholine rings is 1. The molecule has 3 fully saturated rings. The van der Waals surface area contributed by atoms with Crippen LogP contribution in [0.25, 0.3) is 27.8 Å². The van der Waals surface area contributed by atoms with E-state index in [4.69, 9.17) is 9.47 Å². The third-order valence-corrected chi connectivity index (χ3v) is 7.60. The number of halogens is 2. The maximum Gasteiger partial charge on any atom is 0.281 e. The van der Waals surface area contributed by atoms with Gasteiger partial charge in [-0.25, -0.2) is 23.3 Å². The van der Waals surface area contributed by atoms with Gasteiger partial charge >= 0.3 is 0 Å². The number of ether oxygens (including phenoxy) is 2. The summed E-state index contributed by atoms with van der Waals surface area (Å²) in [5.41, 5.74) is 1.70. The summed E-state index contributed by atoms with van der Waals surface area (Å²) < 4.78 is 41.0. The van der Waals surface area contributed by atoms with Crippen LogP contribution in [0, 0.1) is 5.92 Å². The highest BCUT2D eigenvalue weighted by molar-refractivity contribution is 6.00. The molecule has 12 heteroatoms. The van der Waals surface area contributed by atoms with Gasteiger partial charge < -0.3 is 19.7 Å². The molecular weight excluding hydrogens is 508 g/mol. The van der Waals surface area contributed by atoms with Crippen LogP contribution in [0.4, 0.5) is 20.3 Å². The molecule has 39 heavy (non-hydrogen) atoms. The number of rotatable bonds is 6. The van der Waals surface area contributed by atoms with E-state index in [1.807, 2.05) is 18.3 Å². The monoisotopic (exact) mass is 535 g/mol. The van der Waals surface area contributed by atoms with E-state index in [-0.39, 0.29) is 35.1 Å². The maximum absolute atomic E-state index is 13.8. The Morgan fingerprint density at radius 1 is 1.05 bits per heavy atom. The largest absolute Gasteiger partial charge is 0.375 e. The van der Waals surface area contributed by atoms with Crippen molar-refractivity contribution in [1.29, 1.82) is 0 Å². The SMILES string of the molecule is O=C(Nc1cc2c(-c3nc4ccc(N5CCO[C@H]([C@H]6CCCO6)C5)cn4n3)cnc(C(F)F)c2cn1)C1CC1. The van der Waals surface area contributed by atoms with Crippen LogP contribution >= 0.6 is 0 Å². The lowest BCUT2D eigenvalue weighted by Crippen LogP contribution is -2.47. The molecule has 3 aliphatic rings. The van der Waals surface area contributed by atoms with Gasteiger partial charge in [-0.1, -0.05) is 0 Å². The van der Waals surface area contributed by atoms with Crippen molar-refractivity contribution >= 4 is 33.8 Å². The van der Waals surface area contributed by atoms with E-state index in [1.165, 1.54) is 12.4 Å². The lowest BCUT2D eigenvalue weighted by atomic mass is 10.1. The van der Waals surface area contributed by atoms with Crippen LogP contribution in [-0.4, -0.2) is 69.0 Å². The van der Waals surface area contributed by atoms with Crippen molar-refractivity contribution in [2.45, 2.75) is 44.3 Å². The van der Waals surface area contributed by atoms with E-state index in [0.717, 1.165) is 51.1 Å². The van der Waals surface area contributed by atoms with Gasteiger partial charge in [0, 0.05) is 54.3 Å². The topological polar surface area (TPSA) is 107 Å². The average molecular weight is 536 g/mol. The molecule has 4 aromatic heterocycles. The maximum atomic E-state index is 13.8. The van der Waals surface area contributed by atoms with Crippen molar-refractivity contribution < 1.29 is 23.0 Å². The Bertz CT molecular complexity index is 1550. The second kappa shape index (κ2) is 9.76. The smallest absolute Gasteiger partial charge is 0.281 e. The molecule has 0 radical (unpaired) electrons. The first kappa shape index (κ1) is 24.3.